The molecule has 2 N–H and O–H groups in total. The number of hydrogen-bond acceptors (Lipinski definition) is 3. The van der Waals surface area contributed by atoms with E-state index in [4.69, 9.17) is 5.73 Å². The Morgan fingerprint density at radius 3 is 2.53 bits per heavy atom. The van der Waals surface area contributed by atoms with Gasteiger partial charge in [-0.15, -0.1) is 0 Å². The Labute approximate surface area is 104 Å². The average molecular weight is 233 g/mol. The topological polar surface area (TPSA) is 32.5 Å². The zero-order chi connectivity index (χ0) is 12.3. The Bertz CT molecular complexity index is 345. The number of nitrogens with two attached hydrogens (primary N) is 1. The smallest absolute Gasteiger partial charge is 0.0368 e. The van der Waals surface area contributed by atoms with Crippen LogP contribution in [0.25, 0.3) is 0 Å². The third-order valence-corrected chi connectivity index (χ3v) is 3.64. The highest BCUT2D eigenvalue weighted by atomic mass is 15.2. The second-order valence-electron chi connectivity index (χ2n) is 5.15. The second-order valence-corrected chi connectivity index (χ2v) is 5.15. The molecule has 3 nitrogen and oxygen atoms in total. The molecule has 1 aliphatic rings. The van der Waals surface area contributed by atoms with Gasteiger partial charge in [0.05, 0.1) is 0 Å². The van der Waals surface area contributed by atoms with Crippen LogP contribution in [0, 0.1) is 0 Å². The zero-order valence-corrected chi connectivity index (χ0v) is 10.9. The molecule has 0 aliphatic carbocycles. The largest absolute Gasteiger partial charge is 0.399 e. The summed E-state index contributed by atoms with van der Waals surface area (Å²) in [6.45, 7) is 2.28. The summed E-state index contributed by atoms with van der Waals surface area (Å²) >= 11 is 0. The van der Waals surface area contributed by atoms with Crippen LogP contribution in [-0.2, 0) is 0 Å². The molecule has 1 atom stereocenters. The van der Waals surface area contributed by atoms with Gasteiger partial charge in [-0.05, 0) is 51.2 Å². The van der Waals surface area contributed by atoms with Crippen molar-refractivity contribution in [3.63, 3.8) is 0 Å². The van der Waals surface area contributed by atoms with Gasteiger partial charge in [-0.3, -0.25) is 0 Å². The molecule has 17 heavy (non-hydrogen) atoms. The first-order chi connectivity index (χ1) is 8.16. The first-order valence-electron chi connectivity index (χ1n) is 6.44. The van der Waals surface area contributed by atoms with Crippen LogP contribution >= 0.6 is 0 Å². The fraction of sp³-hybridized carbons (Fsp3) is 0.571. The van der Waals surface area contributed by atoms with Crippen molar-refractivity contribution in [1.29, 1.82) is 0 Å². The van der Waals surface area contributed by atoms with Crippen molar-refractivity contribution in [3.05, 3.63) is 24.3 Å². The van der Waals surface area contributed by atoms with Crippen molar-refractivity contribution >= 4 is 11.4 Å². The van der Waals surface area contributed by atoms with E-state index < -0.39 is 0 Å². The first-order valence-corrected chi connectivity index (χ1v) is 6.44. The SMILES string of the molecule is CN(C)C1CCCCN(c2ccc(N)cc2)C1. The quantitative estimate of drug-likeness (QED) is 0.795. The first kappa shape index (κ1) is 12.2. The summed E-state index contributed by atoms with van der Waals surface area (Å²) in [6, 6.07) is 8.91. The van der Waals surface area contributed by atoms with Crippen molar-refractivity contribution in [2.45, 2.75) is 25.3 Å². The molecule has 1 aromatic rings. The summed E-state index contributed by atoms with van der Waals surface area (Å²) in [5, 5.41) is 0. The van der Waals surface area contributed by atoms with E-state index in [0.717, 1.165) is 18.8 Å². The average Bonchev–Trinajstić information content (AvgIpc) is 2.55. The molecule has 1 heterocycles. The number of anilines is 2. The van der Waals surface area contributed by atoms with Crippen LogP contribution in [-0.4, -0.2) is 38.1 Å². The van der Waals surface area contributed by atoms with Gasteiger partial charge < -0.3 is 15.5 Å². The second kappa shape index (κ2) is 5.41. The number of nitrogens with zero attached hydrogens (tertiary/aromatic N) is 2. The lowest BCUT2D eigenvalue weighted by Gasteiger charge is -2.30. The van der Waals surface area contributed by atoms with Crippen LogP contribution in [0.2, 0.25) is 0 Å². The molecule has 2 rings (SSSR count). The maximum Gasteiger partial charge on any atom is 0.0368 e. The summed E-state index contributed by atoms with van der Waals surface area (Å²) in [5.41, 5.74) is 7.88. The number of likely N-dealkylation sites (N-methyl/N-ethyl adjacent to an activating group) is 1. The number of benzene rings is 1. The zero-order valence-electron chi connectivity index (χ0n) is 10.9. The van der Waals surface area contributed by atoms with E-state index >= 15 is 0 Å². The summed E-state index contributed by atoms with van der Waals surface area (Å²) in [6.07, 6.45) is 3.92. The summed E-state index contributed by atoms with van der Waals surface area (Å²) < 4.78 is 0. The van der Waals surface area contributed by atoms with Crippen molar-refractivity contribution in [1.82, 2.24) is 4.90 Å². The van der Waals surface area contributed by atoms with E-state index in [9.17, 15) is 0 Å². The van der Waals surface area contributed by atoms with Gasteiger partial charge in [0.1, 0.15) is 0 Å². The van der Waals surface area contributed by atoms with Crippen LogP contribution in [0.15, 0.2) is 24.3 Å². The predicted octanol–water partition coefficient (Wildman–Crippen LogP) is 2.19. The Hall–Kier alpha value is -1.22. The molecule has 1 saturated heterocycles. The maximum atomic E-state index is 5.74. The van der Waals surface area contributed by atoms with E-state index in [1.165, 1.54) is 24.9 Å². The molecule has 1 fully saturated rings. The fourth-order valence-electron chi connectivity index (χ4n) is 2.46. The van der Waals surface area contributed by atoms with Gasteiger partial charge in [-0.25, -0.2) is 0 Å². The molecule has 0 spiro atoms. The van der Waals surface area contributed by atoms with Crippen LogP contribution in [0.1, 0.15) is 19.3 Å². The molecule has 3 heteroatoms. The molecule has 0 radical (unpaired) electrons. The highest BCUT2D eigenvalue weighted by molar-refractivity contribution is 5.53. The minimum Gasteiger partial charge on any atom is -0.399 e. The lowest BCUT2D eigenvalue weighted by molar-refractivity contribution is 0.285. The van der Waals surface area contributed by atoms with E-state index in [0.29, 0.717) is 6.04 Å². The molecule has 1 aromatic carbocycles. The van der Waals surface area contributed by atoms with Gasteiger partial charge in [-0.2, -0.15) is 0 Å². The molecular weight excluding hydrogens is 210 g/mol. The van der Waals surface area contributed by atoms with E-state index in [2.05, 4.69) is 36.0 Å². The Morgan fingerprint density at radius 2 is 1.88 bits per heavy atom. The third-order valence-electron chi connectivity index (χ3n) is 3.64. The van der Waals surface area contributed by atoms with Gasteiger partial charge >= 0.3 is 0 Å². The fourth-order valence-corrected chi connectivity index (χ4v) is 2.46. The summed E-state index contributed by atoms with van der Waals surface area (Å²) in [7, 11) is 4.36. The van der Waals surface area contributed by atoms with Gasteiger partial charge in [0.25, 0.3) is 0 Å². The third kappa shape index (κ3) is 3.13. The molecule has 0 amide bonds. The molecular formula is C14H23N3. The predicted molar refractivity (Wildman–Crippen MR) is 74.4 cm³/mol. The molecule has 0 aromatic heterocycles. The lowest BCUT2D eigenvalue weighted by atomic mass is 10.1. The van der Waals surface area contributed by atoms with E-state index in [1.54, 1.807) is 0 Å². The monoisotopic (exact) mass is 233 g/mol. The van der Waals surface area contributed by atoms with E-state index in [-0.39, 0.29) is 0 Å². The Balaban J connectivity index is 2.10. The van der Waals surface area contributed by atoms with Crippen molar-refractivity contribution < 1.29 is 0 Å². The normalized spacial score (nSPS) is 21.6. The van der Waals surface area contributed by atoms with E-state index in [1.807, 2.05) is 12.1 Å². The van der Waals surface area contributed by atoms with Gasteiger partial charge in [-0.1, -0.05) is 6.42 Å². The van der Waals surface area contributed by atoms with Gasteiger partial charge in [0, 0.05) is 30.5 Å². The van der Waals surface area contributed by atoms with Crippen molar-refractivity contribution in [3.8, 4) is 0 Å². The van der Waals surface area contributed by atoms with Crippen LogP contribution < -0.4 is 10.6 Å². The highest BCUT2D eigenvalue weighted by Crippen LogP contribution is 2.22. The molecule has 94 valence electrons. The molecule has 0 saturated carbocycles. The Kier molecular flexibility index (Phi) is 3.89. The maximum absolute atomic E-state index is 5.74. The molecule has 1 aliphatic heterocycles. The van der Waals surface area contributed by atoms with Crippen LogP contribution in [0.3, 0.4) is 0 Å². The lowest BCUT2D eigenvalue weighted by Crippen LogP contribution is -2.39. The number of nitrogen functional groups attached to an aromatic ring is 1. The Morgan fingerprint density at radius 1 is 1.18 bits per heavy atom. The number of rotatable bonds is 2. The highest BCUT2D eigenvalue weighted by Gasteiger charge is 2.19. The van der Waals surface area contributed by atoms with Crippen LogP contribution in [0.5, 0.6) is 0 Å². The molecule has 0 bridgehead atoms. The number of hydrogen-bond donors (Lipinski definition) is 1. The minimum absolute atomic E-state index is 0.662. The standard InChI is InChI=1S/C14H23N3/c1-16(2)14-5-3-4-10-17(11-14)13-8-6-12(15)7-9-13/h6-9,14H,3-5,10-11,15H2,1-2H3. The van der Waals surface area contributed by atoms with Gasteiger partial charge in [0.15, 0.2) is 0 Å². The molecule has 1 unspecified atom stereocenters. The minimum atomic E-state index is 0.662. The van der Waals surface area contributed by atoms with Crippen molar-refractivity contribution in [2.75, 3.05) is 37.8 Å². The van der Waals surface area contributed by atoms with Gasteiger partial charge in [0.2, 0.25) is 0 Å². The van der Waals surface area contributed by atoms with Crippen molar-refractivity contribution in [2.24, 2.45) is 0 Å². The van der Waals surface area contributed by atoms with Crippen LogP contribution in [0.4, 0.5) is 11.4 Å². The summed E-state index contributed by atoms with van der Waals surface area (Å²) in [5.74, 6) is 0. The summed E-state index contributed by atoms with van der Waals surface area (Å²) in [4.78, 5) is 4.83.